The predicted molar refractivity (Wildman–Crippen MR) is 272 cm³/mol. The molecule has 0 fully saturated rings. The minimum Gasteiger partial charge on any atom is -0.496 e. The molecule has 2 atom stereocenters. The monoisotopic (exact) mass is 1280 g/mol. The molecule has 6 N–H and O–H groups in total. The Morgan fingerprint density at radius 3 is 1.34 bits per heavy atom. The van der Waals surface area contributed by atoms with Crippen molar-refractivity contribution in [3.8, 4) is 35.4 Å². The topological polar surface area (TPSA) is 221 Å². The molecule has 2 aliphatic rings. The molecule has 0 saturated heterocycles. The first-order valence-electron chi connectivity index (χ1n) is 18.5. The highest BCUT2D eigenvalue weighted by Crippen LogP contribution is 2.50. The maximum absolute atomic E-state index is 12.4. The molecular weight excluding hydrogens is 1230 g/mol. The normalized spacial score (nSPS) is 14.7. The number of anilines is 2. The van der Waals surface area contributed by atoms with Gasteiger partial charge in [0.05, 0.1) is 85.0 Å². The summed E-state index contributed by atoms with van der Waals surface area (Å²) in [7, 11) is 3.06. The maximum atomic E-state index is 12.4. The number of ether oxygens (including phenoxy) is 4. The van der Waals surface area contributed by atoms with E-state index >= 15 is 0 Å². The Balaban J connectivity index is 0.000000295. The second kappa shape index (κ2) is 23.3. The van der Waals surface area contributed by atoms with Crippen LogP contribution < -0.4 is 41.0 Å². The van der Waals surface area contributed by atoms with Crippen molar-refractivity contribution in [1.82, 2.24) is 9.97 Å². The van der Waals surface area contributed by atoms with E-state index in [4.69, 9.17) is 30.4 Å². The number of fused-ring (bicyclic) bond motifs is 2. The van der Waals surface area contributed by atoms with Gasteiger partial charge >= 0.3 is 0 Å². The third kappa shape index (κ3) is 11.7. The molecule has 322 valence electrons. The lowest BCUT2D eigenvalue weighted by Gasteiger charge is -2.32. The number of nitriles is 2. The van der Waals surface area contributed by atoms with E-state index in [-0.39, 0.29) is 24.0 Å². The Bertz CT molecular complexity index is 2280. The van der Waals surface area contributed by atoms with Gasteiger partial charge in [0.1, 0.15) is 11.4 Å². The van der Waals surface area contributed by atoms with E-state index in [0.29, 0.717) is 81.3 Å². The number of nitrogens with one attached hydrogen (secondary N) is 2. The van der Waals surface area contributed by atoms with Crippen molar-refractivity contribution in [2.24, 2.45) is 11.5 Å². The Morgan fingerprint density at radius 1 is 0.721 bits per heavy atom. The van der Waals surface area contributed by atoms with Crippen LogP contribution in [0.4, 0.5) is 11.4 Å². The number of allylic oxidation sites excluding steroid dienone is 2. The first kappa shape index (κ1) is 51.2. The van der Waals surface area contributed by atoms with Crippen molar-refractivity contribution in [3.05, 3.63) is 116 Å². The zero-order chi connectivity index (χ0) is 44.4. The molecular formula is C43H46I4N8O6. The third-order valence-electron chi connectivity index (χ3n) is 9.57. The quantitative estimate of drug-likeness (QED) is 0.0863. The second-order valence-corrected chi connectivity index (χ2v) is 24.1. The summed E-state index contributed by atoms with van der Waals surface area (Å²) >= 11 is 6.95. The minimum absolute atomic E-state index is 0. The maximum Gasteiger partial charge on any atom is 0.247 e. The van der Waals surface area contributed by atoms with Crippen LogP contribution in [0.2, 0.25) is 0 Å². The number of halogens is 4. The molecule has 14 nitrogen and oxygen atoms in total. The molecule has 2 aromatic carbocycles. The van der Waals surface area contributed by atoms with Crippen LogP contribution in [0.15, 0.2) is 71.3 Å². The van der Waals surface area contributed by atoms with Gasteiger partial charge in [-0.05, 0) is 76.9 Å². The second-order valence-electron chi connectivity index (χ2n) is 13.2. The van der Waals surface area contributed by atoms with Crippen molar-refractivity contribution in [2.75, 3.05) is 38.1 Å². The number of methoxy groups -OCH3 is 2. The lowest BCUT2D eigenvalue weighted by Crippen LogP contribution is -2.28. The van der Waals surface area contributed by atoms with Crippen molar-refractivity contribution in [2.45, 2.75) is 53.3 Å². The summed E-state index contributed by atoms with van der Waals surface area (Å²) in [5.74, 6) is -0.320. The zero-order valence-electron chi connectivity index (χ0n) is 34.7. The molecule has 61 heavy (non-hydrogen) atoms. The van der Waals surface area contributed by atoms with Gasteiger partial charge in [-0.15, -0.1) is 24.0 Å². The number of hydrogen-bond donors (Lipinski definition) is 4. The van der Waals surface area contributed by atoms with E-state index in [0.717, 1.165) is 33.6 Å². The van der Waals surface area contributed by atoms with Crippen LogP contribution in [0.1, 0.15) is 84.0 Å². The lowest BCUT2D eigenvalue weighted by molar-refractivity contribution is -0.115. The highest BCUT2D eigenvalue weighted by Gasteiger charge is 2.38. The van der Waals surface area contributed by atoms with Crippen molar-refractivity contribution < 1.29 is 28.5 Å². The highest BCUT2D eigenvalue weighted by atomic mass is 127. The smallest absolute Gasteiger partial charge is 0.247 e. The van der Waals surface area contributed by atoms with Crippen LogP contribution in [-0.2, 0) is 9.59 Å². The van der Waals surface area contributed by atoms with Gasteiger partial charge in [-0.25, -0.2) is 9.97 Å². The summed E-state index contributed by atoms with van der Waals surface area (Å²) in [5, 5.41) is 25.0. The number of aromatic nitrogens is 2. The Kier molecular flexibility index (Phi) is 19.6. The number of nitrogens with two attached hydrogens (primary N) is 2. The summed E-state index contributed by atoms with van der Waals surface area (Å²) < 4.78 is 23.4. The van der Waals surface area contributed by atoms with Gasteiger partial charge in [0.2, 0.25) is 23.6 Å². The number of aryl methyl sites for hydroxylation is 2. The van der Waals surface area contributed by atoms with Crippen LogP contribution in [0.25, 0.3) is 0 Å². The van der Waals surface area contributed by atoms with Crippen LogP contribution in [0.3, 0.4) is 0 Å². The van der Waals surface area contributed by atoms with E-state index < -0.39 is 23.7 Å². The Morgan fingerprint density at radius 2 is 1.07 bits per heavy atom. The number of pyridine rings is 2. The fourth-order valence-electron chi connectivity index (χ4n) is 7.13. The van der Waals surface area contributed by atoms with Crippen LogP contribution in [-0.4, -0.2) is 49.2 Å². The molecule has 2 aromatic heterocycles. The number of benzene rings is 2. The standard InChI is InChI=1S/2C21H22N4O3.CHI3.HI/c2*1-5-28-21-18-17(14-7-6-13(9-22)8-15(14)27-4)16(20(23)26)12(3)25-19(18)11(2)10-24-21;2-1(3)4;/h2*6-8,10,17,25H,5H2,1-4H3,(H2,23,26);1H;1H/t17-;;;/m1.../s1. The van der Waals surface area contributed by atoms with Gasteiger partial charge < -0.3 is 41.0 Å². The van der Waals surface area contributed by atoms with Gasteiger partial charge in [0.15, 0.2) is 0 Å². The van der Waals surface area contributed by atoms with Gasteiger partial charge in [-0.3, -0.25) is 9.59 Å². The highest BCUT2D eigenvalue weighted by molar-refractivity contribution is 14.3. The fraction of sp³-hybridized carbons (Fsp3) is 0.302. The Hall–Kier alpha value is -4.14. The average molecular weight is 1280 g/mol. The molecule has 4 aromatic rings. The number of carbonyl (C=O) groups is 2. The largest absolute Gasteiger partial charge is 0.496 e. The molecule has 2 amide bonds. The zero-order valence-corrected chi connectivity index (χ0v) is 43.5. The molecule has 0 bridgehead atoms. The number of carbonyl (C=O) groups excluding carboxylic acids is 2. The van der Waals surface area contributed by atoms with E-state index in [1.165, 1.54) is 14.2 Å². The molecule has 0 spiro atoms. The van der Waals surface area contributed by atoms with Crippen LogP contribution in [0.5, 0.6) is 23.3 Å². The van der Waals surface area contributed by atoms with E-state index in [9.17, 15) is 20.1 Å². The summed E-state index contributed by atoms with van der Waals surface area (Å²) in [6, 6.07) is 14.4. The molecule has 2 aliphatic heterocycles. The number of nitrogens with zero attached hydrogens (tertiary/aromatic N) is 4. The first-order chi connectivity index (χ1) is 28.6. The van der Waals surface area contributed by atoms with Gasteiger partial charge in [0.25, 0.3) is 0 Å². The molecule has 18 heteroatoms. The predicted octanol–water partition coefficient (Wildman–Crippen LogP) is 9.16. The van der Waals surface area contributed by atoms with Crippen molar-refractivity contribution in [1.29, 1.82) is 10.5 Å². The van der Waals surface area contributed by atoms with Crippen LogP contribution >= 0.6 is 91.7 Å². The molecule has 4 heterocycles. The molecule has 1 unspecified atom stereocenters. The first-order valence-corrected chi connectivity index (χ1v) is 22.2. The van der Waals surface area contributed by atoms with E-state index in [2.05, 4.69) is 101 Å². The van der Waals surface area contributed by atoms with E-state index in [1.54, 1.807) is 48.8 Å². The Labute approximate surface area is 414 Å². The molecule has 6 rings (SSSR count). The van der Waals surface area contributed by atoms with Crippen molar-refractivity contribution >= 4 is 115 Å². The number of rotatable bonds is 10. The number of primary amides is 2. The van der Waals surface area contributed by atoms with E-state index in [1.807, 2.05) is 41.5 Å². The van der Waals surface area contributed by atoms with Gasteiger partial charge in [-0.1, -0.05) is 79.9 Å². The number of amides is 2. The van der Waals surface area contributed by atoms with Crippen LogP contribution in [0, 0.1) is 36.5 Å². The molecule has 0 aliphatic carbocycles. The van der Waals surface area contributed by atoms with Gasteiger partial charge in [-0.2, -0.15) is 10.5 Å². The fourth-order valence-corrected chi connectivity index (χ4v) is 7.13. The lowest BCUT2D eigenvalue weighted by atomic mass is 9.79. The minimum atomic E-state index is -0.545. The SMILES string of the molecule is CCOc1ncc(C)c2c1C(c1ccc(C#N)cc1OC)C(C(N)=O)=C(C)N2.CCOc1ncc(C)c2c1[C@H](c1ccc(C#N)cc1OC)C(C(N)=O)=C(C)N2.I.IC(I)I. The molecule has 0 saturated carbocycles. The number of hydrogen-bond acceptors (Lipinski definition) is 12. The summed E-state index contributed by atoms with van der Waals surface area (Å²) in [4.78, 5) is 33.7. The summed E-state index contributed by atoms with van der Waals surface area (Å²) in [6.45, 7) is 12.1. The molecule has 0 radical (unpaired) electrons. The summed E-state index contributed by atoms with van der Waals surface area (Å²) in [6.07, 6.45) is 3.46. The number of alkyl halides is 3. The van der Waals surface area contributed by atoms with Gasteiger partial charge in [0, 0.05) is 46.1 Å². The summed E-state index contributed by atoms with van der Waals surface area (Å²) in [5.41, 5.74) is 21.0. The third-order valence-corrected chi connectivity index (χ3v) is 9.57. The van der Waals surface area contributed by atoms with Crippen molar-refractivity contribution in [3.63, 3.8) is 0 Å². The average Bonchev–Trinajstić information content (AvgIpc) is 3.21.